The first-order valence-corrected chi connectivity index (χ1v) is 11.0. The molecule has 2 aliphatic heterocycles. The summed E-state index contributed by atoms with van der Waals surface area (Å²) in [6, 6.07) is 8.18. The van der Waals surface area contributed by atoms with Crippen molar-refractivity contribution in [3.8, 4) is 0 Å². The highest BCUT2D eigenvalue weighted by Crippen LogP contribution is 2.31. The fourth-order valence-corrected chi connectivity index (χ4v) is 4.20. The lowest BCUT2D eigenvalue weighted by Gasteiger charge is -2.35. The number of amides is 2. The van der Waals surface area contributed by atoms with Crippen LogP contribution in [-0.2, 0) is 9.59 Å². The van der Waals surface area contributed by atoms with Crippen LogP contribution in [0.25, 0.3) is 0 Å². The predicted molar refractivity (Wildman–Crippen MR) is 115 cm³/mol. The minimum absolute atomic E-state index is 0.0104. The molecule has 158 valence electrons. The van der Waals surface area contributed by atoms with Gasteiger partial charge in [-0.3, -0.25) is 14.5 Å². The van der Waals surface area contributed by atoms with Crippen LogP contribution >= 0.6 is 0 Å². The molecule has 3 fully saturated rings. The van der Waals surface area contributed by atoms with E-state index < -0.39 is 0 Å². The maximum absolute atomic E-state index is 12.4. The Kier molecular flexibility index (Phi) is 6.35. The van der Waals surface area contributed by atoms with Crippen LogP contribution in [0.15, 0.2) is 24.3 Å². The largest absolute Gasteiger partial charge is 0.369 e. The first-order chi connectivity index (χ1) is 14.1. The summed E-state index contributed by atoms with van der Waals surface area (Å²) in [6.07, 6.45) is 2.10. The van der Waals surface area contributed by atoms with Gasteiger partial charge in [0.25, 0.3) is 0 Å². The van der Waals surface area contributed by atoms with Crippen molar-refractivity contribution in [2.24, 2.45) is 5.92 Å². The lowest BCUT2D eigenvalue weighted by molar-refractivity contribution is -0.134. The van der Waals surface area contributed by atoms with Crippen LogP contribution in [0.1, 0.15) is 19.8 Å². The van der Waals surface area contributed by atoms with E-state index in [1.807, 2.05) is 17.0 Å². The number of carbonyl (C=O) groups is 2. The molecule has 2 heterocycles. The van der Waals surface area contributed by atoms with E-state index in [-0.39, 0.29) is 11.8 Å². The molecule has 7 heteroatoms. The van der Waals surface area contributed by atoms with Gasteiger partial charge in [-0.25, -0.2) is 0 Å². The molecule has 1 aliphatic carbocycles. The second-order valence-corrected chi connectivity index (χ2v) is 8.39. The summed E-state index contributed by atoms with van der Waals surface area (Å²) in [4.78, 5) is 33.5. The van der Waals surface area contributed by atoms with E-state index in [9.17, 15) is 9.59 Å². The number of nitrogens with one attached hydrogen (secondary N) is 1. The molecule has 0 bridgehead atoms. The number of hydrogen-bond acceptors (Lipinski definition) is 5. The zero-order valence-corrected chi connectivity index (χ0v) is 17.5. The molecule has 7 nitrogen and oxygen atoms in total. The van der Waals surface area contributed by atoms with Gasteiger partial charge in [-0.2, -0.15) is 0 Å². The summed E-state index contributed by atoms with van der Waals surface area (Å²) in [6.45, 7) is 11.0. The monoisotopic (exact) mass is 399 g/mol. The average Bonchev–Trinajstić information content (AvgIpc) is 3.60. The van der Waals surface area contributed by atoms with E-state index in [4.69, 9.17) is 0 Å². The normalized spacial score (nSPS) is 21.3. The molecule has 0 spiro atoms. The van der Waals surface area contributed by atoms with Crippen molar-refractivity contribution in [1.29, 1.82) is 0 Å². The van der Waals surface area contributed by atoms with Gasteiger partial charge in [-0.05, 0) is 43.7 Å². The molecule has 0 atom stereocenters. The van der Waals surface area contributed by atoms with Gasteiger partial charge in [-0.1, -0.05) is 6.92 Å². The van der Waals surface area contributed by atoms with Crippen molar-refractivity contribution < 1.29 is 9.59 Å². The van der Waals surface area contributed by atoms with Crippen molar-refractivity contribution in [3.05, 3.63) is 24.3 Å². The Bertz CT molecular complexity index is 702. The Morgan fingerprint density at radius 1 is 0.897 bits per heavy atom. The fraction of sp³-hybridized carbons (Fsp3) is 0.636. The SMILES string of the molecule is CCN1CCN(c2ccc(NC(=O)CN3CCN(C(=O)C4CC4)CC3)cc2)CC1. The van der Waals surface area contributed by atoms with Gasteiger partial charge in [0.2, 0.25) is 11.8 Å². The van der Waals surface area contributed by atoms with Gasteiger partial charge < -0.3 is 20.0 Å². The first kappa shape index (κ1) is 20.2. The van der Waals surface area contributed by atoms with Gasteiger partial charge in [0.15, 0.2) is 0 Å². The minimum Gasteiger partial charge on any atom is -0.369 e. The summed E-state index contributed by atoms with van der Waals surface area (Å²) in [5, 5.41) is 3.01. The second-order valence-electron chi connectivity index (χ2n) is 8.39. The number of rotatable bonds is 6. The van der Waals surface area contributed by atoms with Gasteiger partial charge in [0.1, 0.15) is 0 Å². The van der Waals surface area contributed by atoms with Crippen molar-refractivity contribution in [2.75, 3.05) is 75.7 Å². The summed E-state index contributed by atoms with van der Waals surface area (Å²) < 4.78 is 0. The Labute approximate surface area is 173 Å². The summed E-state index contributed by atoms with van der Waals surface area (Å²) in [5.41, 5.74) is 2.06. The van der Waals surface area contributed by atoms with Crippen LogP contribution in [0.2, 0.25) is 0 Å². The van der Waals surface area contributed by atoms with Crippen LogP contribution in [0.3, 0.4) is 0 Å². The molecule has 1 saturated carbocycles. The van der Waals surface area contributed by atoms with E-state index in [0.29, 0.717) is 12.5 Å². The van der Waals surface area contributed by atoms with Gasteiger partial charge in [-0.15, -0.1) is 0 Å². The van der Waals surface area contributed by atoms with Crippen LogP contribution in [0, 0.1) is 5.92 Å². The van der Waals surface area contributed by atoms with Crippen LogP contribution in [0.4, 0.5) is 11.4 Å². The third-order valence-electron chi connectivity index (χ3n) is 6.31. The number of nitrogens with zero attached hydrogens (tertiary/aromatic N) is 4. The highest BCUT2D eigenvalue weighted by molar-refractivity contribution is 5.92. The number of likely N-dealkylation sites (N-methyl/N-ethyl adjacent to an activating group) is 1. The first-order valence-electron chi connectivity index (χ1n) is 11.0. The van der Waals surface area contributed by atoms with Crippen LogP contribution in [-0.4, -0.2) is 92.0 Å². The van der Waals surface area contributed by atoms with Gasteiger partial charge in [0.05, 0.1) is 6.54 Å². The topological polar surface area (TPSA) is 59.1 Å². The number of benzene rings is 1. The van der Waals surface area contributed by atoms with Crippen molar-refractivity contribution >= 4 is 23.2 Å². The molecular formula is C22H33N5O2. The lowest BCUT2D eigenvalue weighted by Crippen LogP contribution is -2.50. The average molecular weight is 400 g/mol. The molecule has 0 radical (unpaired) electrons. The Balaban J connectivity index is 1.20. The maximum atomic E-state index is 12.4. The van der Waals surface area contributed by atoms with E-state index in [0.717, 1.165) is 77.4 Å². The smallest absolute Gasteiger partial charge is 0.238 e. The minimum atomic E-state index is 0.0104. The van der Waals surface area contributed by atoms with Crippen molar-refractivity contribution in [3.63, 3.8) is 0 Å². The summed E-state index contributed by atoms with van der Waals surface area (Å²) in [7, 11) is 0. The highest BCUT2D eigenvalue weighted by Gasteiger charge is 2.34. The maximum Gasteiger partial charge on any atom is 0.238 e. The van der Waals surface area contributed by atoms with Crippen LogP contribution in [0.5, 0.6) is 0 Å². The Morgan fingerprint density at radius 3 is 2.10 bits per heavy atom. The van der Waals surface area contributed by atoms with E-state index in [2.05, 4.69) is 39.1 Å². The predicted octanol–water partition coefficient (Wildman–Crippen LogP) is 1.32. The molecule has 1 N–H and O–H groups in total. The zero-order chi connectivity index (χ0) is 20.2. The number of carbonyl (C=O) groups excluding carboxylic acids is 2. The van der Waals surface area contributed by atoms with E-state index in [1.165, 1.54) is 5.69 Å². The molecule has 0 aromatic heterocycles. The van der Waals surface area contributed by atoms with Gasteiger partial charge >= 0.3 is 0 Å². The molecule has 3 aliphatic rings. The molecular weight excluding hydrogens is 366 g/mol. The van der Waals surface area contributed by atoms with E-state index >= 15 is 0 Å². The molecule has 2 saturated heterocycles. The zero-order valence-electron chi connectivity index (χ0n) is 17.5. The second kappa shape index (κ2) is 9.13. The molecule has 4 rings (SSSR count). The van der Waals surface area contributed by atoms with E-state index in [1.54, 1.807) is 0 Å². The lowest BCUT2D eigenvalue weighted by atomic mass is 10.2. The highest BCUT2D eigenvalue weighted by atomic mass is 16.2. The van der Waals surface area contributed by atoms with Gasteiger partial charge in [0, 0.05) is 69.7 Å². The number of piperazine rings is 2. The summed E-state index contributed by atoms with van der Waals surface area (Å²) >= 11 is 0. The molecule has 29 heavy (non-hydrogen) atoms. The third kappa shape index (κ3) is 5.28. The fourth-order valence-electron chi connectivity index (χ4n) is 4.20. The molecule has 0 unspecified atom stereocenters. The van der Waals surface area contributed by atoms with Crippen LogP contribution < -0.4 is 10.2 Å². The van der Waals surface area contributed by atoms with Crippen molar-refractivity contribution in [1.82, 2.24) is 14.7 Å². The Morgan fingerprint density at radius 2 is 1.52 bits per heavy atom. The summed E-state index contributed by atoms with van der Waals surface area (Å²) in [5.74, 6) is 0.602. The van der Waals surface area contributed by atoms with Crippen molar-refractivity contribution in [2.45, 2.75) is 19.8 Å². The molecule has 1 aromatic carbocycles. The number of hydrogen-bond donors (Lipinski definition) is 1. The number of anilines is 2. The third-order valence-corrected chi connectivity index (χ3v) is 6.31. The molecule has 1 aromatic rings. The molecule has 2 amide bonds. The quantitative estimate of drug-likeness (QED) is 0.782. The Hall–Kier alpha value is -2.12. The standard InChI is InChI=1S/C22H33N5O2/c1-2-24-9-13-26(14-10-24)20-7-5-19(6-8-20)23-21(28)17-25-11-15-27(16-12-25)22(29)18-3-4-18/h5-8,18H,2-4,9-17H2,1H3,(H,23,28).